The normalized spacial score (nSPS) is 12.9. The molecule has 1 aromatic carbocycles. The van der Waals surface area contributed by atoms with Crippen LogP contribution in [0.15, 0.2) is 17.0 Å². The molecule has 96 valence electrons. The van der Waals surface area contributed by atoms with Gasteiger partial charge in [0, 0.05) is 4.90 Å². The summed E-state index contributed by atoms with van der Waals surface area (Å²) < 4.78 is 61.2. The Morgan fingerprint density at radius 3 is 1.76 bits per heavy atom. The molecule has 0 saturated carbocycles. The van der Waals surface area contributed by atoms with Gasteiger partial charge < -0.3 is 5.73 Å². The topological polar surface area (TPSA) is 26.0 Å². The molecule has 1 rings (SSSR count). The van der Waals surface area contributed by atoms with Crippen LogP contribution >= 0.6 is 35.0 Å². The molecule has 0 unspecified atom stereocenters. The zero-order chi connectivity index (χ0) is 13.4. The summed E-state index contributed by atoms with van der Waals surface area (Å²) in [6, 6.07) is 1.79. The van der Waals surface area contributed by atoms with Gasteiger partial charge in [0.05, 0.1) is 15.7 Å². The fraction of sp³-hybridized carbons (Fsp3) is 0.250. The molecular weight excluding hydrogens is 308 g/mol. The van der Waals surface area contributed by atoms with E-state index < -0.39 is 28.1 Å². The molecule has 0 atom stereocenters. The summed E-state index contributed by atoms with van der Waals surface area (Å²) in [5.74, 6) is 0. The first kappa shape index (κ1) is 14.7. The van der Waals surface area contributed by atoms with Crippen molar-refractivity contribution in [2.45, 2.75) is 16.3 Å². The smallest absolute Gasteiger partial charge is 0.396 e. The summed E-state index contributed by atoms with van der Waals surface area (Å²) in [6.45, 7) is 0. The van der Waals surface area contributed by atoms with Gasteiger partial charge in [0.25, 0.3) is 0 Å². The molecule has 0 saturated heterocycles. The van der Waals surface area contributed by atoms with Crippen LogP contribution in [0.5, 0.6) is 0 Å². The van der Waals surface area contributed by atoms with Crippen molar-refractivity contribution in [3.63, 3.8) is 0 Å². The highest BCUT2D eigenvalue weighted by Gasteiger charge is 2.58. The zero-order valence-corrected chi connectivity index (χ0v) is 10.1. The third-order valence-electron chi connectivity index (χ3n) is 1.63. The van der Waals surface area contributed by atoms with Crippen molar-refractivity contribution >= 4 is 40.7 Å². The highest BCUT2D eigenvalue weighted by Crippen LogP contribution is 2.48. The van der Waals surface area contributed by atoms with Crippen molar-refractivity contribution in [2.24, 2.45) is 0 Å². The summed E-state index contributed by atoms with van der Waals surface area (Å²) in [5.41, 5.74) is 5.24. The summed E-state index contributed by atoms with van der Waals surface area (Å²) in [7, 11) is 0. The lowest BCUT2D eigenvalue weighted by Gasteiger charge is -2.19. The largest absolute Gasteiger partial charge is 0.464 e. The predicted molar refractivity (Wildman–Crippen MR) is 57.7 cm³/mol. The second kappa shape index (κ2) is 4.70. The minimum atomic E-state index is -5.65. The molecule has 1 nitrogen and oxygen atoms in total. The molecule has 0 aliphatic carbocycles. The van der Waals surface area contributed by atoms with Gasteiger partial charge in [-0.3, -0.25) is 0 Å². The molecule has 0 aliphatic rings. The molecule has 0 spiro atoms. The van der Waals surface area contributed by atoms with Crippen molar-refractivity contribution in [3.8, 4) is 0 Å². The van der Waals surface area contributed by atoms with Gasteiger partial charge in [-0.15, -0.1) is 0 Å². The van der Waals surface area contributed by atoms with Gasteiger partial charge in [-0.05, 0) is 23.9 Å². The van der Waals surface area contributed by atoms with Gasteiger partial charge in [-0.1, -0.05) is 23.2 Å². The molecule has 2 N–H and O–H groups in total. The highest BCUT2D eigenvalue weighted by molar-refractivity contribution is 8.00. The van der Waals surface area contributed by atoms with E-state index in [0.29, 0.717) is 0 Å². The molecule has 17 heavy (non-hydrogen) atoms. The Balaban J connectivity index is 3.05. The number of benzene rings is 1. The van der Waals surface area contributed by atoms with Crippen LogP contribution in [-0.2, 0) is 0 Å². The average Bonchev–Trinajstić information content (AvgIpc) is 2.11. The number of alkyl halides is 5. The monoisotopic (exact) mass is 311 g/mol. The third kappa shape index (κ3) is 3.29. The lowest BCUT2D eigenvalue weighted by Crippen LogP contribution is -2.32. The van der Waals surface area contributed by atoms with Crippen LogP contribution in [0.25, 0.3) is 0 Å². The minimum Gasteiger partial charge on any atom is -0.396 e. The van der Waals surface area contributed by atoms with E-state index in [9.17, 15) is 22.0 Å². The molecule has 0 aliphatic heterocycles. The van der Waals surface area contributed by atoms with Crippen LogP contribution in [0.3, 0.4) is 0 Å². The van der Waals surface area contributed by atoms with E-state index in [1.54, 1.807) is 0 Å². The fourth-order valence-corrected chi connectivity index (χ4v) is 2.21. The molecule has 1 aromatic rings. The van der Waals surface area contributed by atoms with Crippen molar-refractivity contribution < 1.29 is 22.0 Å². The Labute approximate surface area is 107 Å². The number of nitrogens with two attached hydrogens (primary N) is 1. The first-order valence-electron chi connectivity index (χ1n) is 3.92. The lowest BCUT2D eigenvalue weighted by atomic mass is 10.3. The molecule has 0 bridgehead atoms. The van der Waals surface area contributed by atoms with Crippen LogP contribution in [0.4, 0.5) is 27.6 Å². The van der Waals surface area contributed by atoms with Gasteiger partial charge in [-0.2, -0.15) is 22.0 Å². The molecular formula is C8H4Cl2F5NS. The van der Waals surface area contributed by atoms with E-state index in [0.717, 1.165) is 12.1 Å². The van der Waals surface area contributed by atoms with Gasteiger partial charge in [0.1, 0.15) is 0 Å². The molecule has 0 amide bonds. The minimum absolute atomic E-state index is 0.0759. The van der Waals surface area contributed by atoms with Crippen molar-refractivity contribution in [2.75, 3.05) is 5.73 Å². The SMILES string of the molecule is Nc1c(Cl)cc(SC(F)(F)C(F)(F)F)cc1Cl. The van der Waals surface area contributed by atoms with Crippen molar-refractivity contribution in [1.82, 2.24) is 0 Å². The maximum atomic E-state index is 12.7. The summed E-state index contributed by atoms with van der Waals surface area (Å²) >= 11 is 10.3. The molecule has 9 heteroatoms. The number of nitrogen functional groups attached to an aromatic ring is 1. The van der Waals surface area contributed by atoms with Crippen LogP contribution in [-0.4, -0.2) is 11.4 Å². The molecule has 0 fully saturated rings. The number of anilines is 1. The molecule has 0 heterocycles. The highest BCUT2D eigenvalue weighted by atomic mass is 35.5. The van der Waals surface area contributed by atoms with Crippen LogP contribution in [0.2, 0.25) is 10.0 Å². The van der Waals surface area contributed by atoms with E-state index >= 15 is 0 Å². The standard InChI is InChI=1S/C8H4Cl2F5NS/c9-4-1-3(2-5(10)6(4)16)17-8(14,15)7(11,12)13/h1-2H,16H2. The fourth-order valence-electron chi connectivity index (χ4n) is 0.826. The average molecular weight is 312 g/mol. The van der Waals surface area contributed by atoms with Gasteiger partial charge in [0.15, 0.2) is 0 Å². The Hall–Kier alpha value is -0.400. The molecule has 0 radical (unpaired) electrons. The maximum absolute atomic E-state index is 12.7. The quantitative estimate of drug-likeness (QED) is 0.481. The summed E-state index contributed by atoms with van der Waals surface area (Å²) in [5, 5.41) is -5.29. The van der Waals surface area contributed by atoms with E-state index in [1.165, 1.54) is 0 Å². The summed E-state index contributed by atoms with van der Waals surface area (Å²) in [6.07, 6.45) is -5.65. The van der Waals surface area contributed by atoms with Crippen molar-refractivity contribution in [3.05, 3.63) is 22.2 Å². The third-order valence-corrected chi connectivity index (χ3v) is 3.21. The number of halogens is 7. The van der Waals surface area contributed by atoms with Crippen LogP contribution in [0, 0.1) is 0 Å². The van der Waals surface area contributed by atoms with E-state index in [1.807, 2.05) is 0 Å². The van der Waals surface area contributed by atoms with E-state index in [2.05, 4.69) is 0 Å². The zero-order valence-electron chi connectivity index (χ0n) is 7.79. The Bertz CT molecular complexity index is 411. The number of hydrogen-bond donors (Lipinski definition) is 1. The second-order valence-electron chi connectivity index (χ2n) is 2.92. The first-order valence-corrected chi connectivity index (χ1v) is 5.50. The maximum Gasteiger partial charge on any atom is 0.464 e. The Morgan fingerprint density at radius 2 is 1.41 bits per heavy atom. The van der Waals surface area contributed by atoms with E-state index in [-0.39, 0.29) is 15.7 Å². The molecule has 0 aromatic heterocycles. The van der Waals surface area contributed by atoms with Gasteiger partial charge >= 0.3 is 11.4 Å². The van der Waals surface area contributed by atoms with Gasteiger partial charge in [0.2, 0.25) is 0 Å². The number of hydrogen-bond acceptors (Lipinski definition) is 2. The Kier molecular flexibility index (Phi) is 4.05. The lowest BCUT2D eigenvalue weighted by molar-refractivity contribution is -0.237. The number of rotatable bonds is 2. The number of thioether (sulfide) groups is 1. The Morgan fingerprint density at radius 1 is 1.00 bits per heavy atom. The van der Waals surface area contributed by atoms with Crippen LogP contribution in [0.1, 0.15) is 0 Å². The summed E-state index contributed by atoms with van der Waals surface area (Å²) in [4.78, 5) is -0.420. The second-order valence-corrected chi connectivity index (χ2v) is 4.92. The van der Waals surface area contributed by atoms with Crippen molar-refractivity contribution in [1.29, 1.82) is 0 Å². The van der Waals surface area contributed by atoms with Gasteiger partial charge in [-0.25, -0.2) is 0 Å². The first-order chi connectivity index (χ1) is 7.54. The van der Waals surface area contributed by atoms with Crippen LogP contribution < -0.4 is 5.73 Å². The van der Waals surface area contributed by atoms with E-state index in [4.69, 9.17) is 28.9 Å². The predicted octanol–water partition coefficient (Wildman–Crippen LogP) is 4.82.